The van der Waals surface area contributed by atoms with Crippen LogP contribution in [0.1, 0.15) is 45.8 Å². The van der Waals surface area contributed by atoms with Crippen LogP contribution in [-0.4, -0.2) is 99.6 Å². The maximum absolute atomic E-state index is 15.0. The zero-order valence-electron chi connectivity index (χ0n) is 34.4. The molecule has 0 spiro atoms. The monoisotopic (exact) mass is 1010 g/mol. The van der Waals surface area contributed by atoms with Gasteiger partial charge in [-0.1, -0.05) is 39.8 Å². The molecule has 0 aliphatic carbocycles. The lowest BCUT2D eigenvalue weighted by molar-refractivity contribution is -0.461. The zero-order chi connectivity index (χ0) is 51.3. The van der Waals surface area contributed by atoms with E-state index in [-0.39, 0.29) is 11.3 Å². The standard InChI is InChI=1S/C37H39F19N2O7Si/c1-19(2)66(20(3)4,17-14-30(40,41)31(42,43)32(44,45)33(46,47)34(48,49)35(50,51)36(52,53)37(54,55)56)64-16-15-63-23-9-6-21(7-10-23)28(26(62-5)12-13-27(59)58-61)65-29(60)57-25-11-8-22(38)18-24(25)39/h6-13,18-20,26,28,61H,14-17H2,1-5H3,(H,57,60)(H,58,59)/b13-12+/t26-,28-/m0/s1. The number of nitrogens with one attached hydrogen (secondary N) is 2. The van der Waals surface area contributed by atoms with Gasteiger partial charge in [-0.2, -0.15) is 74.6 Å². The topological polar surface area (TPSA) is 115 Å². The maximum atomic E-state index is 15.0. The average molecular weight is 1010 g/mol. The van der Waals surface area contributed by atoms with Crippen LogP contribution < -0.4 is 15.5 Å². The second-order valence-electron chi connectivity index (χ2n) is 14.8. The second kappa shape index (κ2) is 20.8. The minimum atomic E-state index is -8.73. The molecule has 0 fully saturated rings. The number of hydrogen-bond donors (Lipinski definition) is 3. The summed E-state index contributed by atoms with van der Waals surface area (Å²) in [6, 6.07) is 5.69. The Morgan fingerprint density at radius 2 is 1.21 bits per heavy atom. The molecule has 3 N–H and O–H groups in total. The Morgan fingerprint density at radius 3 is 1.67 bits per heavy atom. The van der Waals surface area contributed by atoms with Gasteiger partial charge in [0.05, 0.1) is 12.3 Å². The van der Waals surface area contributed by atoms with Gasteiger partial charge >= 0.3 is 53.7 Å². The number of carbonyl (C=O) groups is 2. The molecule has 2 rings (SSSR count). The Hall–Kier alpha value is -4.51. The minimum Gasteiger partial charge on any atom is -0.491 e. The summed E-state index contributed by atoms with van der Waals surface area (Å²) in [5.74, 6) is -60.3. The Bertz CT molecular complexity index is 1980. The summed E-state index contributed by atoms with van der Waals surface area (Å²) in [5.41, 5.74) is -1.02. The van der Waals surface area contributed by atoms with Crippen molar-refractivity contribution in [1.82, 2.24) is 5.48 Å². The molecule has 0 heterocycles. The van der Waals surface area contributed by atoms with E-state index in [1.54, 1.807) is 0 Å². The van der Waals surface area contributed by atoms with Crippen molar-refractivity contribution in [2.45, 2.75) is 111 Å². The summed E-state index contributed by atoms with van der Waals surface area (Å²) in [7, 11) is -2.97. The fourth-order valence-corrected chi connectivity index (χ4v) is 10.7. The molecule has 0 aliphatic heterocycles. The number of halogens is 19. The third kappa shape index (κ3) is 11.4. The van der Waals surface area contributed by atoms with Crippen LogP contribution in [0.4, 0.5) is 93.9 Å². The molecule has 0 unspecified atom stereocenters. The quantitative estimate of drug-likeness (QED) is 0.0254. The van der Waals surface area contributed by atoms with E-state index in [0.717, 1.165) is 31.4 Å². The smallest absolute Gasteiger partial charge is 0.460 e. The molecule has 2 aromatic carbocycles. The van der Waals surface area contributed by atoms with E-state index in [1.165, 1.54) is 57.4 Å². The van der Waals surface area contributed by atoms with E-state index in [0.29, 0.717) is 6.07 Å². The first-order chi connectivity index (χ1) is 29.9. The summed E-state index contributed by atoms with van der Waals surface area (Å²) >= 11 is 0. The van der Waals surface area contributed by atoms with Crippen LogP contribution >= 0.6 is 0 Å². The van der Waals surface area contributed by atoms with E-state index in [1.807, 2.05) is 5.32 Å². The number of carbonyl (C=O) groups excluding carboxylic acids is 2. The van der Waals surface area contributed by atoms with Gasteiger partial charge in [-0.3, -0.25) is 15.3 Å². The van der Waals surface area contributed by atoms with Gasteiger partial charge in [0.2, 0.25) is 0 Å². The molecule has 0 aromatic heterocycles. The SMILES string of the molecule is CO[C@@H](/C=C/C(=O)NO)[C@@H](OC(=O)Nc1ccc(F)cc1F)c1ccc(OCCO[Si](CCC(F)(F)C(F)(F)C(F)(F)C(F)(F)C(F)(F)C(F)(F)C(F)(F)C(F)(F)F)(C(C)C)C(C)C)cc1. The number of alkyl halides is 17. The molecule has 2 aromatic rings. The summed E-state index contributed by atoms with van der Waals surface area (Å²) in [4.78, 5) is 24.3. The van der Waals surface area contributed by atoms with E-state index in [4.69, 9.17) is 23.8 Å². The maximum Gasteiger partial charge on any atom is 0.460 e. The molecule has 2 amide bonds. The summed E-state index contributed by atoms with van der Waals surface area (Å²) in [6.07, 6.45) is -12.8. The Kier molecular flexibility index (Phi) is 18.1. The van der Waals surface area contributed by atoms with Crippen LogP contribution in [0.25, 0.3) is 0 Å². The van der Waals surface area contributed by atoms with Crippen molar-refractivity contribution in [3.8, 4) is 5.75 Å². The predicted octanol–water partition coefficient (Wildman–Crippen LogP) is 11.9. The van der Waals surface area contributed by atoms with E-state index >= 15 is 0 Å². The second-order valence-corrected chi connectivity index (χ2v) is 19.8. The molecule has 0 saturated carbocycles. The van der Waals surface area contributed by atoms with Gasteiger partial charge in [0.25, 0.3) is 5.91 Å². The van der Waals surface area contributed by atoms with Crippen LogP contribution in [0.15, 0.2) is 54.6 Å². The highest BCUT2D eigenvalue weighted by Crippen LogP contribution is 2.64. The summed E-state index contributed by atoms with van der Waals surface area (Å²) in [5, 5.41) is 10.8. The van der Waals surface area contributed by atoms with Crippen LogP contribution in [0.2, 0.25) is 17.1 Å². The molecule has 9 nitrogen and oxygen atoms in total. The Morgan fingerprint density at radius 1 is 0.712 bits per heavy atom. The van der Waals surface area contributed by atoms with Crippen molar-refractivity contribution in [2.24, 2.45) is 0 Å². The highest BCUT2D eigenvalue weighted by Gasteiger charge is 2.95. The van der Waals surface area contributed by atoms with Gasteiger partial charge in [0.1, 0.15) is 30.1 Å². The number of hydroxylamine groups is 1. The molecule has 376 valence electrons. The molecule has 0 saturated heterocycles. The van der Waals surface area contributed by atoms with Crippen molar-refractivity contribution in [3.05, 3.63) is 71.8 Å². The number of amides is 2. The first kappa shape index (κ1) is 57.6. The van der Waals surface area contributed by atoms with Gasteiger partial charge < -0.3 is 18.6 Å². The normalized spacial score (nSPS) is 15.0. The third-order valence-corrected chi connectivity index (χ3v) is 15.7. The highest BCUT2D eigenvalue weighted by molar-refractivity contribution is 6.76. The first-order valence-corrected chi connectivity index (χ1v) is 20.8. The lowest BCUT2D eigenvalue weighted by Crippen LogP contribution is -2.74. The van der Waals surface area contributed by atoms with Gasteiger partial charge in [0.15, 0.2) is 14.4 Å². The largest absolute Gasteiger partial charge is 0.491 e. The van der Waals surface area contributed by atoms with E-state index in [2.05, 4.69) is 0 Å². The lowest BCUT2D eigenvalue weighted by Gasteiger charge is -2.44. The Balaban J connectivity index is 2.33. The molecule has 66 heavy (non-hydrogen) atoms. The predicted molar refractivity (Wildman–Crippen MR) is 193 cm³/mol. The number of rotatable bonds is 23. The number of benzene rings is 2. The number of anilines is 1. The van der Waals surface area contributed by atoms with E-state index < -0.39 is 134 Å². The molecule has 0 aliphatic rings. The lowest BCUT2D eigenvalue weighted by atomic mass is 9.88. The zero-order valence-corrected chi connectivity index (χ0v) is 35.4. The van der Waals surface area contributed by atoms with Gasteiger partial charge in [-0.25, -0.2) is 19.1 Å². The van der Waals surface area contributed by atoms with Gasteiger partial charge in [-0.05, 0) is 53.0 Å². The van der Waals surface area contributed by atoms with Crippen LogP contribution in [0, 0.1) is 11.6 Å². The summed E-state index contributed by atoms with van der Waals surface area (Å²) < 4.78 is 285. The fourth-order valence-electron chi connectivity index (χ4n) is 6.19. The van der Waals surface area contributed by atoms with Crippen molar-refractivity contribution in [1.29, 1.82) is 0 Å². The number of ether oxygens (including phenoxy) is 3. The van der Waals surface area contributed by atoms with Crippen molar-refractivity contribution in [3.63, 3.8) is 0 Å². The number of methoxy groups -OCH3 is 1. The highest BCUT2D eigenvalue weighted by atomic mass is 28.4. The fraction of sp³-hybridized carbons (Fsp3) is 0.568. The average Bonchev–Trinajstić information content (AvgIpc) is 3.20. The van der Waals surface area contributed by atoms with Crippen molar-refractivity contribution >= 4 is 26.0 Å². The van der Waals surface area contributed by atoms with E-state index in [9.17, 15) is 93.0 Å². The molecule has 0 radical (unpaired) electrons. The van der Waals surface area contributed by atoms with Crippen LogP contribution in [0.5, 0.6) is 5.75 Å². The van der Waals surface area contributed by atoms with Crippen LogP contribution in [0.3, 0.4) is 0 Å². The number of hydrogen-bond acceptors (Lipinski definition) is 7. The third-order valence-electron chi connectivity index (χ3n) is 10.0. The van der Waals surface area contributed by atoms with Gasteiger partial charge in [-0.15, -0.1) is 0 Å². The Labute approximate surface area is 362 Å². The first-order valence-electron chi connectivity index (χ1n) is 18.5. The van der Waals surface area contributed by atoms with Crippen molar-refractivity contribution < 1.29 is 117 Å². The van der Waals surface area contributed by atoms with Crippen molar-refractivity contribution in [2.75, 3.05) is 25.6 Å². The van der Waals surface area contributed by atoms with Crippen LogP contribution in [-0.2, 0) is 18.7 Å². The molecule has 29 heteroatoms. The minimum absolute atomic E-state index is 0.0332. The molecule has 2 atom stereocenters. The molecule has 0 bridgehead atoms. The van der Waals surface area contributed by atoms with Gasteiger partial charge in [0, 0.05) is 25.7 Å². The summed E-state index contributed by atoms with van der Waals surface area (Å²) in [6.45, 7) is 3.92. The molecular formula is C37H39F19N2O7Si. The molecular weight excluding hydrogens is 973 g/mol.